The normalized spacial score (nSPS) is 10.5. The molecule has 0 saturated heterocycles. The molecule has 2 amide bonds. The lowest BCUT2D eigenvalue weighted by molar-refractivity contribution is -0.120. The predicted molar refractivity (Wildman–Crippen MR) is 86.6 cm³/mol. The number of amides is 2. The van der Waals surface area contributed by atoms with Gasteiger partial charge in [-0.05, 0) is 31.5 Å². The maximum absolute atomic E-state index is 13.3. The molecule has 0 bridgehead atoms. The van der Waals surface area contributed by atoms with Crippen molar-refractivity contribution in [2.24, 2.45) is 0 Å². The van der Waals surface area contributed by atoms with E-state index in [1.807, 2.05) is 0 Å². The molecule has 7 heteroatoms. The third-order valence-electron chi connectivity index (χ3n) is 3.34. The van der Waals surface area contributed by atoms with E-state index in [1.54, 1.807) is 19.1 Å². The molecule has 0 unspecified atom stereocenters. The van der Waals surface area contributed by atoms with Crippen LogP contribution >= 0.6 is 0 Å². The first-order chi connectivity index (χ1) is 11.5. The zero-order chi connectivity index (χ0) is 17.5. The predicted octanol–water partition coefficient (Wildman–Crippen LogP) is 1.97. The fraction of sp³-hybridized carbons (Fsp3) is 0.353. The molecule has 1 aromatic heterocycles. The summed E-state index contributed by atoms with van der Waals surface area (Å²) in [7, 11) is 0. The second-order valence-corrected chi connectivity index (χ2v) is 5.40. The van der Waals surface area contributed by atoms with Gasteiger partial charge in [-0.2, -0.15) is 0 Å². The Morgan fingerprint density at radius 1 is 1.25 bits per heavy atom. The van der Waals surface area contributed by atoms with E-state index < -0.39 is 0 Å². The molecule has 0 aliphatic rings. The van der Waals surface area contributed by atoms with E-state index in [0.717, 1.165) is 0 Å². The molecular formula is C17H20FN3O3. The number of hydrogen-bond donors (Lipinski definition) is 2. The third-order valence-corrected chi connectivity index (χ3v) is 3.34. The van der Waals surface area contributed by atoms with E-state index >= 15 is 0 Å². The SMILES string of the molecule is CC(=O)NCCCNC(=O)Cc1nc(-c2cccc(F)c2)oc1C. The maximum atomic E-state index is 13.3. The first kappa shape index (κ1) is 17.7. The van der Waals surface area contributed by atoms with Crippen LogP contribution in [0.1, 0.15) is 24.8 Å². The minimum atomic E-state index is -0.373. The molecule has 2 aromatic rings. The molecule has 0 saturated carbocycles. The Balaban J connectivity index is 1.89. The van der Waals surface area contributed by atoms with Crippen LogP contribution in [0.5, 0.6) is 0 Å². The van der Waals surface area contributed by atoms with Gasteiger partial charge in [-0.3, -0.25) is 9.59 Å². The van der Waals surface area contributed by atoms with Gasteiger partial charge in [0.2, 0.25) is 17.7 Å². The Labute approximate surface area is 139 Å². The summed E-state index contributed by atoms with van der Waals surface area (Å²) in [5.74, 6) is 0.175. The van der Waals surface area contributed by atoms with Gasteiger partial charge in [0.05, 0.1) is 12.1 Å². The number of hydrogen-bond acceptors (Lipinski definition) is 4. The van der Waals surface area contributed by atoms with Crippen molar-refractivity contribution in [2.45, 2.75) is 26.7 Å². The summed E-state index contributed by atoms with van der Waals surface area (Å²) >= 11 is 0. The third kappa shape index (κ3) is 5.19. The van der Waals surface area contributed by atoms with Crippen molar-refractivity contribution in [3.8, 4) is 11.5 Å². The van der Waals surface area contributed by atoms with E-state index in [-0.39, 0.29) is 24.1 Å². The van der Waals surface area contributed by atoms with Crippen molar-refractivity contribution in [3.63, 3.8) is 0 Å². The van der Waals surface area contributed by atoms with Crippen molar-refractivity contribution in [2.75, 3.05) is 13.1 Å². The lowest BCUT2D eigenvalue weighted by atomic mass is 10.2. The van der Waals surface area contributed by atoms with E-state index in [9.17, 15) is 14.0 Å². The summed E-state index contributed by atoms with van der Waals surface area (Å²) < 4.78 is 18.8. The second kappa shape index (κ2) is 8.24. The lowest BCUT2D eigenvalue weighted by Crippen LogP contribution is -2.29. The molecular weight excluding hydrogens is 313 g/mol. The van der Waals surface area contributed by atoms with Crippen LogP contribution < -0.4 is 10.6 Å². The fourth-order valence-corrected chi connectivity index (χ4v) is 2.13. The van der Waals surface area contributed by atoms with Gasteiger partial charge in [-0.15, -0.1) is 0 Å². The largest absolute Gasteiger partial charge is 0.441 e. The highest BCUT2D eigenvalue weighted by Crippen LogP contribution is 2.22. The number of nitrogens with zero attached hydrogens (tertiary/aromatic N) is 1. The van der Waals surface area contributed by atoms with Crippen LogP contribution in [0.25, 0.3) is 11.5 Å². The quantitative estimate of drug-likeness (QED) is 0.759. The Morgan fingerprint density at radius 3 is 2.71 bits per heavy atom. The highest BCUT2D eigenvalue weighted by molar-refractivity contribution is 5.78. The van der Waals surface area contributed by atoms with Gasteiger partial charge in [-0.1, -0.05) is 6.07 Å². The molecule has 0 aliphatic carbocycles. The van der Waals surface area contributed by atoms with Gasteiger partial charge in [0.1, 0.15) is 11.6 Å². The molecule has 128 valence electrons. The molecule has 1 aromatic carbocycles. The summed E-state index contributed by atoms with van der Waals surface area (Å²) in [5.41, 5.74) is 1.05. The van der Waals surface area contributed by atoms with Crippen LogP contribution in [0.15, 0.2) is 28.7 Å². The molecule has 0 aliphatic heterocycles. The Bertz CT molecular complexity index is 728. The van der Waals surface area contributed by atoms with Crippen molar-refractivity contribution in [1.29, 1.82) is 0 Å². The van der Waals surface area contributed by atoms with Gasteiger partial charge in [0, 0.05) is 25.6 Å². The van der Waals surface area contributed by atoms with Gasteiger partial charge in [0.15, 0.2) is 0 Å². The van der Waals surface area contributed by atoms with Crippen LogP contribution in [0.2, 0.25) is 0 Å². The highest BCUT2D eigenvalue weighted by Gasteiger charge is 2.14. The topological polar surface area (TPSA) is 84.2 Å². The molecule has 6 nitrogen and oxygen atoms in total. The van der Waals surface area contributed by atoms with Crippen molar-refractivity contribution >= 4 is 11.8 Å². The number of carbonyl (C=O) groups is 2. The molecule has 0 spiro atoms. The van der Waals surface area contributed by atoms with Crippen LogP contribution in [-0.2, 0) is 16.0 Å². The minimum absolute atomic E-state index is 0.0881. The van der Waals surface area contributed by atoms with Crippen LogP contribution in [0, 0.1) is 12.7 Å². The molecule has 0 fully saturated rings. The Kier molecular flexibility index (Phi) is 6.06. The van der Waals surface area contributed by atoms with Gasteiger partial charge in [0.25, 0.3) is 0 Å². The number of aromatic nitrogens is 1. The number of rotatable bonds is 7. The average molecular weight is 333 g/mol. The number of halogens is 1. The minimum Gasteiger partial charge on any atom is -0.441 e. The van der Waals surface area contributed by atoms with Gasteiger partial charge in [-0.25, -0.2) is 9.37 Å². The smallest absolute Gasteiger partial charge is 0.226 e. The zero-order valence-corrected chi connectivity index (χ0v) is 13.7. The standard InChI is InChI=1S/C17H20FN3O3/c1-11-15(10-16(23)20-8-4-7-19-12(2)22)21-17(24-11)13-5-3-6-14(18)9-13/h3,5-6,9H,4,7-8,10H2,1-2H3,(H,19,22)(H,20,23). The molecule has 2 rings (SSSR count). The second-order valence-electron chi connectivity index (χ2n) is 5.40. The average Bonchev–Trinajstić information content (AvgIpc) is 2.87. The first-order valence-corrected chi connectivity index (χ1v) is 7.69. The molecule has 24 heavy (non-hydrogen) atoms. The summed E-state index contributed by atoms with van der Waals surface area (Å²) in [6, 6.07) is 5.94. The number of oxazole rings is 1. The number of benzene rings is 1. The Hall–Kier alpha value is -2.70. The van der Waals surface area contributed by atoms with Crippen molar-refractivity contribution in [3.05, 3.63) is 41.5 Å². The van der Waals surface area contributed by atoms with Crippen LogP contribution in [0.4, 0.5) is 4.39 Å². The van der Waals surface area contributed by atoms with E-state index in [1.165, 1.54) is 19.1 Å². The van der Waals surface area contributed by atoms with Gasteiger partial charge < -0.3 is 15.1 Å². The van der Waals surface area contributed by atoms with Crippen LogP contribution in [0.3, 0.4) is 0 Å². The number of aryl methyl sites for hydroxylation is 1. The highest BCUT2D eigenvalue weighted by atomic mass is 19.1. The lowest BCUT2D eigenvalue weighted by Gasteiger charge is -2.04. The summed E-state index contributed by atoms with van der Waals surface area (Å²) in [5, 5.41) is 5.41. The van der Waals surface area contributed by atoms with E-state index in [4.69, 9.17) is 4.42 Å². The molecule has 2 N–H and O–H groups in total. The summed E-state index contributed by atoms with van der Waals surface area (Å²) in [4.78, 5) is 26.9. The fourth-order valence-electron chi connectivity index (χ4n) is 2.13. The maximum Gasteiger partial charge on any atom is 0.226 e. The summed E-state index contributed by atoms with van der Waals surface area (Å²) in [6.45, 7) is 4.15. The van der Waals surface area contributed by atoms with E-state index in [2.05, 4.69) is 15.6 Å². The number of nitrogens with one attached hydrogen (secondary N) is 2. The monoisotopic (exact) mass is 333 g/mol. The van der Waals surface area contributed by atoms with E-state index in [0.29, 0.717) is 42.4 Å². The molecule has 1 heterocycles. The van der Waals surface area contributed by atoms with Crippen molar-refractivity contribution < 1.29 is 18.4 Å². The molecule has 0 atom stereocenters. The van der Waals surface area contributed by atoms with Crippen LogP contribution in [-0.4, -0.2) is 29.9 Å². The van der Waals surface area contributed by atoms with Crippen molar-refractivity contribution in [1.82, 2.24) is 15.6 Å². The molecule has 0 radical (unpaired) electrons. The first-order valence-electron chi connectivity index (χ1n) is 7.69. The zero-order valence-electron chi connectivity index (χ0n) is 13.7. The van der Waals surface area contributed by atoms with Gasteiger partial charge >= 0.3 is 0 Å². The summed E-state index contributed by atoms with van der Waals surface area (Å²) in [6.07, 6.45) is 0.739. The number of carbonyl (C=O) groups excluding carboxylic acids is 2. The Morgan fingerprint density at radius 2 is 2.00 bits per heavy atom.